The van der Waals surface area contributed by atoms with Gasteiger partial charge >= 0.3 is 0 Å². The second kappa shape index (κ2) is 8.00. The van der Waals surface area contributed by atoms with Crippen molar-refractivity contribution in [2.75, 3.05) is 23.3 Å². The van der Waals surface area contributed by atoms with Crippen molar-refractivity contribution in [1.29, 1.82) is 0 Å². The van der Waals surface area contributed by atoms with Gasteiger partial charge in [-0.3, -0.25) is 9.59 Å². The summed E-state index contributed by atoms with van der Waals surface area (Å²) in [6.07, 6.45) is 2.47. The summed E-state index contributed by atoms with van der Waals surface area (Å²) >= 11 is 0. The van der Waals surface area contributed by atoms with Crippen molar-refractivity contribution >= 4 is 23.2 Å². The molecule has 6 heteroatoms. The molecule has 6 nitrogen and oxygen atoms in total. The third kappa shape index (κ3) is 3.91. The van der Waals surface area contributed by atoms with Gasteiger partial charge in [-0.2, -0.15) is 0 Å². The largest absolute Gasteiger partial charge is 0.467 e. The van der Waals surface area contributed by atoms with Crippen LogP contribution >= 0.6 is 0 Å². The van der Waals surface area contributed by atoms with Gasteiger partial charge in [0.05, 0.1) is 19.4 Å². The minimum atomic E-state index is -0.173. The first-order valence-electron chi connectivity index (χ1n) is 9.23. The van der Waals surface area contributed by atoms with Gasteiger partial charge in [-0.15, -0.1) is 0 Å². The standard InChI is InChI=1S/C22H21N3O3/c26-21(25-12-11-16-4-1-2-6-20(16)25)15-23-18-9-7-17(8-10-18)22(27)24-14-19-5-3-13-28-19/h1-10,13,23H,11-12,14-15H2,(H,24,27). The Bertz CT molecular complexity index is 965. The number of benzene rings is 2. The summed E-state index contributed by atoms with van der Waals surface area (Å²) in [6.45, 7) is 1.27. The van der Waals surface area contributed by atoms with E-state index in [1.807, 2.05) is 29.2 Å². The fourth-order valence-corrected chi connectivity index (χ4v) is 3.29. The summed E-state index contributed by atoms with van der Waals surface area (Å²) in [6, 6.07) is 18.6. The molecule has 1 aromatic heterocycles. The molecule has 1 aliphatic heterocycles. The number of nitrogens with zero attached hydrogens (tertiary/aromatic N) is 1. The zero-order valence-electron chi connectivity index (χ0n) is 15.4. The van der Waals surface area contributed by atoms with Gasteiger partial charge in [0.25, 0.3) is 5.91 Å². The number of rotatable bonds is 6. The molecule has 0 spiro atoms. The third-order valence-electron chi connectivity index (χ3n) is 4.78. The van der Waals surface area contributed by atoms with Gasteiger partial charge in [-0.1, -0.05) is 18.2 Å². The van der Waals surface area contributed by atoms with Gasteiger partial charge in [-0.25, -0.2) is 0 Å². The van der Waals surface area contributed by atoms with E-state index in [0.717, 1.165) is 17.8 Å². The van der Waals surface area contributed by atoms with Crippen LogP contribution in [-0.4, -0.2) is 24.9 Å². The minimum Gasteiger partial charge on any atom is -0.467 e. The number of carbonyl (C=O) groups is 2. The molecule has 0 radical (unpaired) electrons. The lowest BCUT2D eigenvalue weighted by atomic mass is 10.2. The summed E-state index contributed by atoms with van der Waals surface area (Å²) in [7, 11) is 0. The molecule has 28 heavy (non-hydrogen) atoms. The van der Waals surface area contributed by atoms with Crippen molar-refractivity contribution in [3.05, 3.63) is 83.8 Å². The van der Waals surface area contributed by atoms with Crippen molar-refractivity contribution in [1.82, 2.24) is 5.32 Å². The monoisotopic (exact) mass is 375 g/mol. The Balaban J connectivity index is 1.30. The number of nitrogens with one attached hydrogen (secondary N) is 2. The normalized spacial score (nSPS) is 12.5. The molecule has 0 saturated heterocycles. The first kappa shape index (κ1) is 17.9. The molecule has 4 rings (SSSR count). The Morgan fingerprint density at radius 1 is 1.00 bits per heavy atom. The molecule has 0 saturated carbocycles. The molecule has 1 aliphatic rings. The molecule has 2 N–H and O–H groups in total. The fraction of sp³-hybridized carbons (Fsp3) is 0.182. The number of furan rings is 1. The van der Waals surface area contributed by atoms with Crippen LogP contribution in [0.4, 0.5) is 11.4 Å². The summed E-state index contributed by atoms with van der Waals surface area (Å²) in [5, 5.41) is 5.94. The van der Waals surface area contributed by atoms with E-state index in [4.69, 9.17) is 4.42 Å². The maximum absolute atomic E-state index is 12.5. The van der Waals surface area contributed by atoms with Crippen molar-refractivity contribution in [3.8, 4) is 0 Å². The Kier molecular flexibility index (Phi) is 5.10. The second-order valence-electron chi connectivity index (χ2n) is 6.62. The van der Waals surface area contributed by atoms with Crippen molar-refractivity contribution < 1.29 is 14.0 Å². The van der Waals surface area contributed by atoms with E-state index < -0.39 is 0 Å². The second-order valence-corrected chi connectivity index (χ2v) is 6.62. The number of hydrogen-bond acceptors (Lipinski definition) is 4. The maximum Gasteiger partial charge on any atom is 0.251 e. The molecule has 0 unspecified atom stereocenters. The van der Waals surface area contributed by atoms with Crippen LogP contribution in [0.15, 0.2) is 71.3 Å². The number of carbonyl (C=O) groups excluding carboxylic acids is 2. The highest BCUT2D eigenvalue weighted by Crippen LogP contribution is 2.27. The lowest BCUT2D eigenvalue weighted by molar-refractivity contribution is -0.116. The van der Waals surface area contributed by atoms with Gasteiger partial charge in [0, 0.05) is 23.5 Å². The van der Waals surface area contributed by atoms with E-state index in [1.165, 1.54) is 5.56 Å². The van der Waals surface area contributed by atoms with Crippen molar-refractivity contribution in [2.45, 2.75) is 13.0 Å². The molecule has 2 aromatic carbocycles. The van der Waals surface area contributed by atoms with Crippen LogP contribution < -0.4 is 15.5 Å². The zero-order chi connectivity index (χ0) is 19.3. The molecule has 0 atom stereocenters. The molecular weight excluding hydrogens is 354 g/mol. The average molecular weight is 375 g/mol. The van der Waals surface area contributed by atoms with E-state index in [9.17, 15) is 9.59 Å². The highest BCUT2D eigenvalue weighted by Gasteiger charge is 2.23. The molecule has 0 fully saturated rings. The van der Waals surface area contributed by atoms with Crippen LogP contribution in [0.3, 0.4) is 0 Å². The highest BCUT2D eigenvalue weighted by atomic mass is 16.3. The fourth-order valence-electron chi connectivity index (χ4n) is 3.29. The van der Waals surface area contributed by atoms with Crippen LogP contribution in [0, 0.1) is 0 Å². The lowest BCUT2D eigenvalue weighted by Gasteiger charge is -2.18. The quantitative estimate of drug-likeness (QED) is 0.694. The first-order valence-corrected chi connectivity index (χ1v) is 9.23. The minimum absolute atomic E-state index is 0.0326. The zero-order valence-corrected chi connectivity index (χ0v) is 15.4. The third-order valence-corrected chi connectivity index (χ3v) is 4.78. The van der Waals surface area contributed by atoms with Gasteiger partial charge in [0.15, 0.2) is 0 Å². The van der Waals surface area contributed by atoms with Gasteiger partial charge in [0.2, 0.25) is 5.91 Å². The lowest BCUT2D eigenvalue weighted by Crippen LogP contribution is -2.34. The average Bonchev–Trinajstić information content (AvgIpc) is 3.40. The summed E-state index contributed by atoms with van der Waals surface area (Å²) in [5.41, 5.74) is 3.55. The molecule has 0 bridgehead atoms. The Labute approximate surface area is 163 Å². The van der Waals surface area contributed by atoms with Crippen molar-refractivity contribution in [3.63, 3.8) is 0 Å². The Hall–Kier alpha value is -3.54. The Morgan fingerprint density at radius 2 is 1.82 bits per heavy atom. The van der Waals surface area contributed by atoms with Crippen LogP contribution in [0.2, 0.25) is 0 Å². The first-order chi connectivity index (χ1) is 13.7. The van der Waals surface area contributed by atoms with Gasteiger partial charge in [-0.05, 0) is 54.4 Å². The van der Waals surface area contributed by atoms with E-state index in [2.05, 4.69) is 16.7 Å². The molecule has 3 aromatic rings. The molecule has 142 valence electrons. The number of amides is 2. The SMILES string of the molecule is O=C(NCc1ccco1)c1ccc(NCC(=O)N2CCc3ccccc32)cc1. The summed E-state index contributed by atoms with van der Waals surface area (Å²) in [5.74, 6) is 0.562. The van der Waals surface area contributed by atoms with E-state index in [1.54, 1.807) is 36.6 Å². The molecule has 2 heterocycles. The van der Waals surface area contributed by atoms with E-state index >= 15 is 0 Å². The number of fused-ring (bicyclic) bond motifs is 1. The molecule has 2 amide bonds. The number of anilines is 2. The number of hydrogen-bond donors (Lipinski definition) is 2. The van der Waals surface area contributed by atoms with Gasteiger partial charge < -0.3 is 20.0 Å². The highest BCUT2D eigenvalue weighted by molar-refractivity contribution is 5.98. The predicted octanol–water partition coefficient (Wildman–Crippen LogP) is 3.21. The maximum atomic E-state index is 12.5. The Morgan fingerprint density at radius 3 is 2.61 bits per heavy atom. The van der Waals surface area contributed by atoms with E-state index in [-0.39, 0.29) is 18.4 Å². The number of para-hydroxylation sites is 1. The van der Waals surface area contributed by atoms with Crippen molar-refractivity contribution in [2.24, 2.45) is 0 Å². The summed E-state index contributed by atoms with van der Waals surface area (Å²) in [4.78, 5) is 26.5. The van der Waals surface area contributed by atoms with E-state index in [0.29, 0.717) is 24.4 Å². The molecule has 0 aliphatic carbocycles. The van der Waals surface area contributed by atoms with Gasteiger partial charge in [0.1, 0.15) is 5.76 Å². The topological polar surface area (TPSA) is 74.6 Å². The molecular formula is C22H21N3O3. The summed E-state index contributed by atoms with van der Waals surface area (Å²) < 4.78 is 5.20. The van der Waals surface area contributed by atoms with Crippen LogP contribution in [0.5, 0.6) is 0 Å². The van der Waals surface area contributed by atoms with Crippen LogP contribution in [0.1, 0.15) is 21.7 Å². The predicted molar refractivity (Wildman–Crippen MR) is 107 cm³/mol. The smallest absolute Gasteiger partial charge is 0.251 e. The van der Waals surface area contributed by atoms with Crippen LogP contribution in [0.25, 0.3) is 0 Å². The van der Waals surface area contributed by atoms with Crippen LogP contribution in [-0.2, 0) is 17.8 Å².